The number of rotatable bonds is 7. The van der Waals surface area contributed by atoms with Crippen LogP contribution < -0.4 is 9.62 Å². The molecule has 0 spiro atoms. The van der Waals surface area contributed by atoms with Gasteiger partial charge in [0.2, 0.25) is 10.0 Å². The number of halogens is 3. The Hall–Kier alpha value is -2.17. The van der Waals surface area contributed by atoms with Gasteiger partial charge in [-0.15, -0.1) is 0 Å². The summed E-state index contributed by atoms with van der Waals surface area (Å²) < 4.78 is 73.4. The van der Waals surface area contributed by atoms with Crippen LogP contribution in [0.2, 0.25) is 0 Å². The van der Waals surface area contributed by atoms with Crippen LogP contribution in [0.5, 0.6) is 0 Å². The predicted molar refractivity (Wildman–Crippen MR) is 129 cm³/mol. The van der Waals surface area contributed by atoms with Gasteiger partial charge in [0.15, 0.2) is 0 Å². The van der Waals surface area contributed by atoms with Gasteiger partial charge in [-0.3, -0.25) is 0 Å². The minimum Gasteiger partial charge on any atom is -0.378 e. The fourth-order valence-electron chi connectivity index (χ4n) is 5.24. The molecule has 1 N–H and O–H groups in total. The van der Waals surface area contributed by atoms with Gasteiger partial charge in [-0.1, -0.05) is 30.3 Å². The monoisotopic (exact) mass is 511 g/mol. The molecule has 2 atom stereocenters. The Morgan fingerprint density at radius 1 is 1.06 bits per heavy atom. The van der Waals surface area contributed by atoms with Crippen molar-refractivity contribution < 1.29 is 26.3 Å². The number of nitrogens with zero attached hydrogens (tertiary/aromatic N) is 2. The lowest BCUT2D eigenvalue weighted by Crippen LogP contribution is -2.53. The topological polar surface area (TPSA) is 71.5 Å². The molecule has 2 aromatic rings. The number of pyridine rings is 1. The van der Waals surface area contributed by atoms with Crippen molar-refractivity contribution in [2.75, 3.05) is 30.9 Å². The zero-order valence-electron chi connectivity index (χ0n) is 19.7. The second-order valence-electron chi connectivity index (χ2n) is 9.58. The Morgan fingerprint density at radius 3 is 2.43 bits per heavy atom. The molecule has 2 aliphatic rings. The first-order valence-corrected chi connectivity index (χ1v) is 13.9. The highest BCUT2D eigenvalue weighted by Crippen LogP contribution is 2.37. The van der Waals surface area contributed by atoms with Crippen molar-refractivity contribution in [3.05, 3.63) is 59.8 Å². The molecule has 1 saturated heterocycles. The first kappa shape index (κ1) is 25.9. The second kappa shape index (κ2) is 10.8. The van der Waals surface area contributed by atoms with Gasteiger partial charge in [-0.25, -0.2) is 18.1 Å². The molecule has 6 nitrogen and oxygen atoms in total. The standard InChI is InChI=1S/C25H32F3N3O3S/c1-35(32,33)30-23-13-15-31(24-22(25(26,27)28)8-5-14-29-24)16-20(23)17-34-21-11-9-19(10-12-21)18-6-3-2-4-7-18/h2-8,14,19-21,23,30H,9-13,15-17H2,1H3/t19?,20-,21?,23-/m0/s1. The smallest absolute Gasteiger partial charge is 0.378 e. The summed E-state index contributed by atoms with van der Waals surface area (Å²) in [6.07, 6.45) is 2.19. The predicted octanol–water partition coefficient (Wildman–Crippen LogP) is 4.59. The van der Waals surface area contributed by atoms with E-state index >= 15 is 0 Å². The van der Waals surface area contributed by atoms with Crippen LogP contribution >= 0.6 is 0 Å². The highest BCUT2D eigenvalue weighted by atomic mass is 32.2. The molecule has 192 valence electrons. The number of aromatic nitrogens is 1. The molecule has 0 amide bonds. The number of alkyl halides is 3. The van der Waals surface area contributed by atoms with Gasteiger partial charge in [-0.2, -0.15) is 13.2 Å². The molecule has 4 rings (SSSR count). The fourth-order valence-corrected chi connectivity index (χ4v) is 6.10. The maximum Gasteiger partial charge on any atom is 0.419 e. The van der Waals surface area contributed by atoms with E-state index in [1.807, 2.05) is 18.2 Å². The lowest BCUT2D eigenvalue weighted by atomic mass is 9.82. The molecule has 2 fully saturated rings. The van der Waals surface area contributed by atoms with Crippen LogP contribution in [0, 0.1) is 5.92 Å². The van der Waals surface area contributed by atoms with Gasteiger partial charge < -0.3 is 9.64 Å². The fraction of sp³-hybridized carbons (Fsp3) is 0.560. The molecule has 0 bridgehead atoms. The summed E-state index contributed by atoms with van der Waals surface area (Å²) in [6.45, 7) is 0.775. The van der Waals surface area contributed by atoms with Gasteiger partial charge >= 0.3 is 6.18 Å². The zero-order chi connectivity index (χ0) is 25.1. The van der Waals surface area contributed by atoms with Crippen molar-refractivity contribution in [1.82, 2.24) is 9.71 Å². The molecule has 0 unspecified atom stereocenters. The minimum absolute atomic E-state index is 0.0600. The number of ether oxygens (including phenoxy) is 1. The molecule has 1 saturated carbocycles. The van der Waals surface area contributed by atoms with Gasteiger partial charge in [0, 0.05) is 31.2 Å². The summed E-state index contributed by atoms with van der Waals surface area (Å²) in [5.41, 5.74) is 0.551. The van der Waals surface area contributed by atoms with Crippen molar-refractivity contribution in [3.63, 3.8) is 0 Å². The maximum absolute atomic E-state index is 13.6. The molecule has 1 aliphatic heterocycles. The van der Waals surface area contributed by atoms with E-state index in [0.717, 1.165) is 38.0 Å². The van der Waals surface area contributed by atoms with Gasteiger partial charge in [0.25, 0.3) is 0 Å². The van der Waals surface area contributed by atoms with E-state index in [1.54, 1.807) is 4.90 Å². The number of anilines is 1. The third kappa shape index (κ3) is 6.95. The minimum atomic E-state index is -4.52. The van der Waals surface area contributed by atoms with Crippen molar-refractivity contribution in [3.8, 4) is 0 Å². The SMILES string of the molecule is CS(=O)(=O)N[C@H]1CCN(c2ncccc2C(F)(F)F)C[C@H]1COC1CCC(c2ccccc2)CC1. The first-order valence-electron chi connectivity index (χ1n) is 12.0. The van der Waals surface area contributed by atoms with Gasteiger partial charge in [-0.05, 0) is 55.7 Å². The maximum atomic E-state index is 13.6. The Labute approximate surface area is 204 Å². The number of nitrogens with one attached hydrogen (secondary N) is 1. The number of piperidine rings is 1. The first-order chi connectivity index (χ1) is 16.6. The lowest BCUT2D eigenvalue weighted by Gasteiger charge is -2.40. The van der Waals surface area contributed by atoms with Crippen molar-refractivity contribution in [2.45, 2.75) is 56.3 Å². The number of sulfonamides is 1. The Bertz CT molecular complexity index is 1070. The summed E-state index contributed by atoms with van der Waals surface area (Å²) in [5, 5.41) is 0. The largest absolute Gasteiger partial charge is 0.419 e. The van der Waals surface area contributed by atoms with E-state index in [9.17, 15) is 21.6 Å². The molecule has 0 radical (unpaired) electrons. The molecule has 1 aromatic carbocycles. The summed E-state index contributed by atoms with van der Waals surface area (Å²) in [5.74, 6) is 0.0883. The molecule has 1 aromatic heterocycles. The molecule has 10 heteroatoms. The van der Waals surface area contributed by atoms with Crippen molar-refractivity contribution in [1.29, 1.82) is 0 Å². The zero-order valence-corrected chi connectivity index (χ0v) is 20.6. The van der Waals surface area contributed by atoms with Crippen molar-refractivity contribution in [2.24, 2.45) is 5.92 Å². The van der Waals surface area contributed by atoms with Crippen LogP contribution in [0.1, 0.15) is 49.1 Å². The van der Waals surface area contributed by atoms with Gasteiger partial charge in [0.1, 0.15) is 5.82 Å². The quantitative estimate of drug-likeness (QED) is 0.589. The van der Waals surface area contributed by atoms with Gasteiger partial charge in [0.05, 0.1) is 24.5 Å². The van der Waals surface area contributed by atoms with E-state index in [-0.39, 0.29) is 37.5 Å². The van der Waals surface area contributed by atoms with Crippen LogP contribution in [-0.4, -0.2) is 51.5 Å². The molecular formula is C25H32F3N3O3S. The third-order valence-electron chi connectivity index (χ3n) is 6.98. The Morgan fingerprint density at radius 2 is 1.77 bits per heavy atom. The third-order valence-corrected chi connectivity index (χ3v) is 7.71. The van der Waals surface area contributed by atoms with E-state index < -0.39 is 27.8 Å². The number of hydrogen-bond acceptors (Lipinski definition) is 5. The summed E-state index contributed by atoms with van der Waals surface area (Å²) >= 11 is 0. The van der Waals surface area contributed by atoms with Crippen LogP contribution in [-0.2, 0) is 20.9 Å². The highest BCUT2D eigenvalue weighted by Gasteiger charge is 2.39. The van der Waals surface area contributed by atoms with E-state index in [2.05, 4.69) is 21.8 Å². The second-order valence-corrected chi connectivity index (χ2v) is 11.4. The average Bonchev–Trinajstić information content (AvgIpc) is 2.83. The van der Waals surface area contributed by atoms with Crippen LogP contribution in [0.4, 0.5) is 19.0 Å². The number of benzene rings is 1. The summed E-state index contributed by atoms with van der Waals surface area (Å²) in [4.78, 5) is 5.62. The Balaban J connectivity index is 1.41. The normalized spacial score (nSPS) is 26.0. The molecule has 1 aliphatic carbocycles. The summed E-state index contributed by atoms with van der Waals surface area (Å²) in [6, 6.07) is 12.3. The van der Waals surface area contributed by atoms with E-state index in [0.29, 0.717) is 12.3 Å². The van der Waals surface area contributed by atoms with E-state index in [1.165, 1.54) is 17.8 Å². The number of hydrogen-bond donors (Lipinski definition) is 1. The lowest BCUT2D eigenvalue weighted by molar-refractivity contribution is -0.137. The average molecular weight is 512 g/mol. The van der Waals surface area contributed by atoms with Crippen LogP contribution in [0.25, 0.3) is 0 Å². The summed E-state index contributed by atoms with van der Waals surface area (Å²) in [7, 11) is -3.47. The van der Waals surface area contributed by atoms with Crippen molar-refractivity contribution >= 4 is 15.8 Å². The van der Waals surface area contributed by atoms with Crippen LogP contribution in [0.3, 0.4) is 0 Å². The molecule has 2 heterocycles. The van der Waals surface area contributed by atoms with Crippen LogP contribution in [0.15, 0.2) is 48.7 Å². The highest BCUT2D eigenvalue weighted by molar-refractivity contribution is 7.88. The Kier molecular flexibility index (Phi) is 8.02. The molecular weight excluding hydrogens is 479 g/mol. The molecule has 35 heavy (non-hydrogen) atoms. The van der Waals surface area contributed by atoms with E-state index in [4.69, 9.17) is 4.74 Å².